The van der Waals surface area contributed by atoms with E-state index in [0.717, 1.165) is 32.0 Å². The Kier molecular flexibility index (Phi) is 18.6. The Morgan fingerprint density at radius 1 is 0.833 bits per heavy atom. The molecule has 0 rings (SSSR count). The minimum Gasteiger partial charge on any atom is -0.468 e. The van der Waals surface area contributed by atoms with Gasteiger partial charge in [-0.1, -0.05) is 37.1 Å². The number of carbonyl (C=O) groups is 2. The van der Waals surface area contributed by atoms with Crippen LogP contribution in [-0.2, 0) is 14.3 Å². The van der Waals surface area contributed by atoms with Crippen LogP contribution in [0.2, 0.25) is 0 Å². The van der Waals surface area contributed by atoms with Gasteiger partial charge in [0.15, 0.2) is 0 Å². The lowest BCUT2D eigenvalue weighted by Gasteiger charge is -2.08. The Labute approximate surface area is 149 Å². The van der Waals surface area contributed by atoms with Gasteiger partial charge >= 0.3 is 0 Å². The van der Waals surface area contributed by atoms with Crippen molar-refractivity contribution in [2.24, 2.45) is 11.8 Å². The van der Waals surface area contributed by atoms with Crippen molar-refractivity contribution < 1.29 is 14.3 Å². The van der Waals surface area contributed by atoms with Crippen LogP contribution in [0.3, 0.4) is 0 Å². The van der Waals surface area contributed by atoms with E-state index in [9.17, 15) is 9.59 Å². The number of allylic oxidation sites excluding steroid dienone is 4. The molecule has 0 spiro atoms. The average molecular weight is 339 g/mol. The molecule has 0 fully saturated rings. The number of ether oxygens (including phenoxy) is 1. The number of rotatable bonds is 12. The molecule has 0 aliphatic heterocycles. The Balaban J connectivity index is 0. The van der Waals surface area contributed by atoms with Crippen molar-refractivity contribution >= 4 is 12.8 Å². The smallest absolute Gasteiger partial charge is 0.293 e. The maximum absolute atomic E-state index is 10.1. The summed E-state index contributed by atoms with van der Waals surface area (Å²) >= 11 is 0. The normalized spacial score (nSPS) is 12.1. The molecule has 3 heteroatoms. The molecular formula is C21H38O3. The third-order valence-electron chi connectivity index (χ3n) is 3.72. The molecule has 0 saturated carbocycles. The standard InChI is InChI=1S/C11H20O2.C10H18O/c1-10(2)5-4-6-11(3)7-8-13-9-12;1-9(2)5-4-6-10(3)7-8-11/h5,9,11H,4,6-8H2,1-3H3;5,8,10H,4,6-7H2,1-3H3. The van der Waals surface area contributed by atoms with E-state index in [1.165, 1.54) is 17.6 Å². The number of carbonyl (C=O) groups excluding carboxylic acids is 2. The van der Waals surface area contributed by atoms with E-state index in [0.29, 0.717) is 31.3 Å². The molecule has 140 valence electrons. The van der Waals surface area contributed by atoms with Gasteiger partial charge in [-0.05, 0) is 71.6 Å². The topological polar surface area (TPSA) is 43.4 Å². The Morgan fingerprint density at radius 3 is 1.75 bits per heavy atom. The second kappa shape index (κ2) is 18.0. The van der Waals surface area contributed by atoms with E-state index in [-0.39, 0.29) is 0 Å². The van der Waals surface area contributed by atoms with E-state index >= 15 is 0 Å². The molecule has 0 bridgehead atoms. The van der Waals surface area contributed by atoms with E-state index in [1.807, 2.05) is 0 Å². The van der Waals surface area contributed by atoms with Gasteiger partial charge in [0, 0.05) is 6.42 Å². The van der Waals surface area contributed by atoms with Crippen LogP contribution in [0.4, 0.5) is 0 Å². The van der Waals surface area contributed by atoms with E-state index < -0.39 is 0 Å². The highest BCUT2D eigenvalue weighted by atomic mass is 16.5. The summed E-state index contributed by atoms with van der Waals surface area (Å²) in [7, 11) is 0. The van der Waals surface area contributed by atoms with Crippen molar-refractivity contribution in [1.29, 1.82) is 0 Å². The van der Waals surface area contributed by atoms with Crippen LogP contribution >= 0.6 is 0 Å². The van der Waals surface area contributed by atoms with Gasteiger partial charge in [0.25, 0.3) is 6.47 Å². The third-order valence-corrected chi connectivity index (χ3v) is 3.72. The highest BCUT2D eigenvalue weighted by Crippen LogP contribution is 2.11. The van der Waals surface area contributed by atoms with Gasteiger partial charge in [0.05, 0.1) is 6.61 Å². The fourth-order valence-corrected chi connectivity index (χ4v) is 2.06. The van der Waals surface area contributed by atoms with E-state index in [2.05, 4.69) is 58.4 Å². The first kappa shape index (κ1) is 24.9. The number of hydrogen-bond donors (Lipinski definition) is 0. The monoisotopic (exact) mass is 338 g/mol. The Morgan fingerprint density at radius 2 is 1.33 bits per heavy atom. The van der Waals surface area contributed by atoms with Crippen LogP contribution in [0.15, 0.2) is 23.3 Å². The zero-order chi connectivity index (χ0) is 18.8. The molecule has 3 nitrogen and oxygen atoms in total. The Hall–Kier alpha value is -1.38. The summed E-state index contributed by atoms with van der Waals surface area (Å²) in [5.41, 5.74) is 2.74. The molecule has 0 aromatic carbocycles. The number of aldehydes is 1. The zero-order valence-corrected chi connectivity index (χ0v) is 16.6. The van der Waals surface area contributed by atoms with Crippen molar-refractivity contribution in [1.82, 2.24) is 0 Å². The first-order chi connectivity index (χ1) is 11.3. The molecule has 0 aliphatic carbocycles. The molecule has 24 heavy (non-hydrogen) atoms. The van der Waals surface area contributed by atoms with E-state index in [4.69, 9.17) is 0 Å². The summed E-state index contributed by atoms with van der Waals surface area (Å²) in [6, 6.07) is 0. The van der Waals surface area contributed by atoms with Crippen molar-refractivity contribution in [3.05, 3.63) is 23.3 Å². The third kappa shape index (κ3) is 22.9. The molecule has 0 radical (unpaired) electrons. The molecule has 0 heterocycles. The SMILES string of the molecule is CC(C)=CCCC(C)CC=O.CC(C)=CCCC(C)CCOC=O. The van der Waals surface area contributed by atoms with Crippen LogP contribution in [0.5, 0.6) is 0 Å². The molecule has 0 amide bonds. The predicted octanol–water partition coefficient (Wildman–Crippen LogP) is 5.89. The molecule has 0 saturated heterocycles. The van der Waals surface area contributed by atoms with Gasteiger partial charge in [-0.2, -0.15) is 0 Å². The highest BCUT2D eigenvalue weighted by Gasteiger charge is 2.00. The van der Waals surface area contributed by atoms with Crippen LogP contribution < -0.4 is 0 Å². The second-order valence-corrected chi connectivity index (χ2v) is 7.09. The summed E-state index contributed by atoms with van der Waals surface area (Å²) in [6.07, 6.45) is 11.7. The van der Waals surface area contributed by atoms with Gasteiger partial charge in [-0.15, -0.1) is 0 Å². The van der Waals surface area contributed by atoms with Crippen molar-refractivity contribution in [3.63, 3.8) is 0 Å². The minimum absolute atomic E-state index is 0.517. The van der Waals surface area contributed by atoms with Crippen LogP contribution in [0.25, 0.3) is 0 Å². The van der Waals surface area contributed by atoms with Gasteiger partial charge in [-0.3, -0.25) is 4.79 Å². The lowest BCUT2D eigenvalue weighted by Crippen LogP contribution is -2.00. The van der Waals surface area contributed by atoms with Crippen LogP contribution in [-0.4, -0.2) is 19.4 Å². The summed E-state index contributed by atoms with van der Waals surface area (Å²) in [5, 5.41) is 0. The van der Waals surface area contributed by atoms with E-state index in [1.54, 1.807) is 0 Å². The molecule has 0 N–H and O–H groups in total. The van der Waals surface area contributed by atoms with Gasteiger partial charge in [-0.25, -0.2) is 0 Å². The first-order valence-corrected chi connectivity index (χ1v) is 9.09. The van der Waals surface area contributed by atoms with Gasteiger partial charge in [0.2, 0.25) is 0 Å². The number of hydrogen-bond acceptors (Lipinski definition) is 3. The maximum atomic E-state index is 10.1. The molecule has 0 aromatic rings. The quantitative estimate of drug-likeness (QED) is 0.253. The maximum Gasteiger partial charge on any atom is 0.293 e. The average Bonchev–Trinajstić information content (AvgIpc) is 2.47. The van der Waals surface area contributed by atoms with Crippen molar-refractivity contribution in [3.8, 4) is 0 Å². The first-order valence-electron chi connectivity index (χ1n) is 9.09. The highest BCUT2D eigenvalue weighted by molar-refractivity contribution is 5.49. The largest absolute Gasteiger partial charge is 0.468 e. The summed E-state index contributed by atoms with van der Waals surface area (Å²) in [6.45, 7) is 13.8. The molecule has 0 aromatic heterocycles. The fourth-order valence-electron chi connectivity index (χ4n) is 2.06. The van der Waals surface area contributed by atoms with Crippen molar-refractivity contribution in [2.75, 3.05) is 6.61 Å². The lowest BCUT2D eigenvalue weighted by atomic mass is 10.0. The van der Waals surface area contributed by atoms with Crippen LogP contribution in [0.1, 0.15) is 80.1 Å². The molecule has 2 atom stereocenters. The Bertz CT molecular complexity index is 361. The molecule has 0 aliphatic rings. The lowest BCUT2D eigenvalue weighted by molar-refractivity contribution is -0.129. The van der Waals surface area contributed by atoms with Gasteiger partial charge in [0.1, 0.15) is 6.29 Å². The predicted molar refractivity (Wildman–Crippen MR) is 103 cm³/mol. The second-order valence-electron chi connectivity index (χ2n) is 7.09. The zero-order valence-electron chi connectivity index (χ0n) is 16.6. The summed E-state index contributed by atoms with van der Waals surface area (Å²) < 4.78 is 4.64. The fraction of sp³-hybridized carbons (Fsp3) is 0.714. The summed E-state index contributed by atoms with van der Waals surface area (Å²) in [5.74, 6) is 1.18. The molecule has 2 unspecified atom stereocenters. The van der Waals surface area contributed by atoms with Crippen LogP contribution in [0, 0.1) is 11.8 Å². The molecular weight excluding hydrogens is 300 g/mol. The van der Waals surface area contributed by atoms with Crippen molar-refractivity contribution in [2.45, 2.75) is 80.1 Å². The summed E-state index contributed by atoms with van der Waals surface area (Å²) in [4.78, 5) is 20.0. The van der Waals surface area contributed by atoms with Gasteiger partial charge < -0.3 is 9.53 Å². The minimum atomic E-state index is 0.517.